The summed E-state index contributed by atoms with van der Waals surface area (Å²) in [5.74, 6) is 0. The Morgan fingerprint density at radius 3 is 2.50 bits per heavy atom. The smallest absolute Gasteiger partial charge is 0.0617 e. The van der Waals surface area contributed by atoms with E-state index in [1.165, 1.54) is 0 Å². The van der Waals surface area contributed by atoms with Crippen LogP contribution >= 0.6 is 12.2 Å². The summed E-state index contributed by atoms with van der Waals surface area (Å²) in [5, 5.41) is 3.13. The minimum Gasteiger partial charge on any atom is -0.379 e. The number of allylic oxidation sites excluding steroid dienone is 1. The Bertz CT molecular complexity index is 161. The maximum atomic E-state index is 4.75. The van der Waals surface area contributed by atoms with Crippen molar-refractivity contribution in [1.29, 1.82) is 0 Å². The van der Waals surface area contributed by atoms with Gasteiger partial charge in [-0.15, -0.1) is 0 Å². The quantitative estimate of drug-likeness (QED) is 0.522. The van der Waals surface area contributed by atoms with Gasteiger partial charge in [0.2, 0.25) is 0 Å². The summed E-state index contributed by atoms with van der Waals surface area (Å²) in [5.41, 5.74) is 1.76. The van der Waals surface area contributed by atoms with E-state index >= 15 is 0 Å². The number of rotatable bonds is 5. The summed E-state index contributed by atoms with van der Waals surface area (Å²) >= 11 is 4.75. The molecule has 0 saturated heterocycles. The Kier molecular flexibility index (Phi) is 5.14. The van der Waals surface area contributed by atoms with E-state index in [0.29, 0.717) is 6.04 Å². The lowest BCUT2D eigenvalue weighted by Crippen LogP contribution is -2.37. The molecule has 1 unspecified atom stereocenters. The van der Waals surface area contributed by atoms with Gasteiger partial charge in [-0.3, -0.25) is 0 Å². The van der Waals surface area contributed by atoms with Crippen LogP contribution in [0, 0.1) is 5.41 Å². The molecule has 0 rings (SSSR count). The van der Waals surface area contributed by atoms with Crippen LogP contribution in [0.25, 0.3) is 0 Å². The summed E-state index contributed by atoms with van der Waals surface area (Å²) in [7, 11) is 0. The molecule has 0 aromatic carbocycles. The Balaban J connectivity index is 4.16. The lowest BCUT2D eigenvalue weighted by atomic mass is 9.85. The molecular formula is C10H19NS. The number of thiocarbonyl (C=S) groups is 1. The van der Waals surface area contributed by atoms with Crippen LogP contribution in [0.3, 0.4) is 0 Å². The second-order valence-corrected chi connectivity index (χ2v) is 3.87. The van der Waals surface area contributed by atoms with Crippen molar-refractivity contribution in [2.75, 3.05) is 0 Å². The molecule has 2 heteroatoms. The maximum absolute atomic E-state index is 4.75. The normalized spacial score (nSPS) is 14.7. The SMILES string of the molecule is CC/C=C\C(C)(C)C(C)NC=S. The largest absolute Gasteiger partial charge is 0.379 e. The van der Waals surface area contributed by atoms with Gasteiger partial charge in [0.15, 0.2) is 0 Å². The monoisotopic (exact) mass is 185 g/mol. The molecule has 0 bridgehead atoms. The molecule has 0 aliphatic rings. The van der Waals surface area contributed by atoms with Gasteiger partial charge in [-0.1, -0.05) is 45.1 Å². The fraction of sp³-hybridized carbons (Fsp3) is 0.700. The first-order valence-corrected chi connectivity index (χ1v) is 4.89. The van der Waals surface area contributed by atoms with Crippen LogP contribution in [-0.2, 0) is 0 Å². The molecule has 0 radical (unpaired) electrons. The van der Waals surface area contributed by atoms with Gasteiger partial charge >= 0.3 is 0 Å². The molecule has 0 aromatic heterocycles. The van der Waals surface area contributed by atoms with Crippen LogP contribution in [-0.4, -0.2) is 11.5 Å². The maximum Gasteiger partial charge on any atom is 0.0617 e. The van der Waals surface area contributed by atoms with Crippen molar-refractivity contribution in [3.8, 4) is 0 Å². The fourth-order valence-electron chi connectivity index (χ4n) is 0.883. The zero-order valence-electron chi connectivity index (χ0n) is 8.42. The summed E-state index contributed by atoms with van der Waals surface area (Å²) in [6.07, 6.45) is 5.53. The first kappa shape index (κ1) is 11.6. The van der Waals surface area contributed by atoms with Gasteiger partial charge in [-0.25, -0.2) is 0 Å². The highest BCUT2D eigenvalue weighted by Gasteiger charge is 2.20. The van der Waals surface area contributed by atoms with Crippen molar-refractivity contribution in [1.82, 2.24) is 5.32 Å². The van der Waals surface area contributed by atoms with Crippen molar-refractivity contribution in [3.63, 3.8) is 0 Å². The molecule has 1 nitrogen and oxygen atoms in total. The van der Waals surface area contributed by atoms with Gasteiger partial charge in [0.05, 0.1) is 5.49 Å². The van der Waals surface area contributed by atoms with Gasteiger partial charge in [0, 0.05) is 11.5 Å². The lowest BCUT2D eigenvalue weighted by Gasteiger charge is -2.28. The third-order valence-electron chi connectivity index (χ3n) is 2.22. The minimum absolute atomic E-state index is 0.172. The summed E-state index contributed by atoms with van der Waals surface area (Å²) in [6.45, 7) is 8.69. The van der Waals surface area contributed by atoms with E-state index in [1.54, 1.807) is 5.49 Å². The Morgan fingerprint density at radius 2 is 2.08 bits per heavy atom. The summed E-state index contributed by atoms with van der Waals surface area (Å²) in [6, 6.07) is 0.387. The molecule has 1 atom stereocenters. The zero-order chi connectivity index (χ0) is 9.61. The predicted octanol–water partition coefficient (Wildman–Crippen LogP) is 2.91. The third-order valence-corrected chi connectivity index (χ3v) is 2.35. The molecule has 0 aromatic rings. The second kappa shape index (κ2) is 5.31. The van der Waals surface area contributed by atoms with E-state index in [-0.39, 0.29) is 5.41 Å². The van der Waals surface area contributed by atoms with Crippen molar-refractivity contribution < 1.29 is 0 Å². The van der Waals surface area contributed by atoms with Crippen molar-refractivity contribution >= 4 is 17.7 Å². The van der Waals surface area contributed by atoms with Gasteiger partial charge in [-0.2, -0.15) is 0 Å². The standard InChI is InChI=1S/C10H19NS/c1-5-6-7-10(3,4)9(2)11-8-12/h6-9H,5H2,1-4H3,(H,11,12)/b7-6-. The molecular weight excluding hydrogens is 166 g/mol. The first-order chi connectivity index (χ1) is 5.54. The molecule has 0 aliphatic heterocycles. The van der Waals surface area contributed by atoms with E-state index in [9.17, 15) is 0 Å². The predicted molar refractivity (Wildman–Crippen MR) is 59.5 cm³/mol. The van der Waals surface area contributed by atoms with E-state index in [1.807, 2.05) is 0 Å². The molecule has 1 N–H and O–H groups in total. The van der Waals surface area contributed by atoms with Gasteiger partial charge in [0.25, 0.3) is 0 Å². The molecule has 0 spiro atoms. The second-order valence-electron chi connectivity index (χ2n) is 3.64. The number of hydrogen-bond acceptors (Lipinski definition) is 1. The average molecular weight is 185 g/mol. The van der Waals surface area contributed by atoms with Crippen molar-refractivity contribution in [3.05, 3.63) is 12.2 Å². The highest BCUT2D eigenvalue weighted by molar-refractivity contribution is 7.78. The van der Waals surface area contributed by atoms with E-state index < -0.39 is 0 Å². The van der Waals surface area contributed by atoms with Crippen LogP contribution in [0.15, 0.2) is 12.2 Å². The van der Waals surface area contributed by atoms with Crippen molar-refractivity contribution in [2.45, 2.75) is 40.2 Å². The molecule has 0 amide bonds. The fourth-order valence-corrected chi connectivity index (χ4v) is 1.09. The highest BCUT2D eigenvalue weighted by Crippen LogP contribution is 2.22. The van der Waals surface area contributed by atoms with Crippen LogP contribution in [0.5, 0.6) is 0 Å². The van der Waals surface area contributed by atoms with Crippen LogP contribution in [0.4, 0.5) is 0 Å². The third kappa shape index (κ3) is 3.86. The Labute approximate surface area is 81.2 Å². The average Bonchev–Trinajstić information content (AvgIpc) is 2.01. The zero-order valence-corrected chi connectivity index (χ0v) is 9.24. The number of hydrogen-bond donors (Lipinski definition) is 1. The van der Waals surface area contributed by atoms with Gasteiger partial charge in [0.1, 0.15) is 0 Å². The topological polar surface area (TPSA) is 12.0 Å². The minimum atomic E-state index is 0.172. The van der Waals surface area contributed by atoms with Crippen LogP contribution in [0.2, 0.25) is 0 Å². The van der Waals surface area contributed by atoms with Crippen molar-refractivity contribution in [2.24, 2.45) is 5.41 Å². The van der Waals surface area contributed by atoms with Crippen LogP contribution in [0.1, 0.15) is 34.1 Å². The lowest BCUT2D eigenvalue weighted by molar-refractivity contribution is 0.368. The van der Waals surface area contributed by atoms with Gasteiger partial charge in [-0.05, 0) is 13.3 Å². The number of nitrogens with one attached hydrogen (secondary N) is 1. The molecule has 0 aliphatic carbocycles. The summed E-state index contributed by atoms with van der Waals surface area (Å²) < 4.78 is 0. The van der Waals surface area contributed by atoms with E-state index in [4.69, 9.17) is 12.2 Å². The van der Waals surface area contributed by atoms with Crippen LogP contribution < -0.4 is 5.32 Å². The summed E-state index contributed by atoms with van der Waals surface area (Å²) in [4.78, 5) is 0. The highest BCUT2D eigenvalue weighted by atomic mass is 32.1. The molecule has 12 heavy (non-hydrogen) atoms. The Morgan fingerprint density at radius 1 is 1.50 bits per heavy atom. The molecule has 0 fully saturated rings. The molecule has 70 valence electrons. The van der Waals surface area contributed by atoms with E-state index in [2.05, 4.69) is 45.2 Å². The molecule has 0 heterocycles. The van der Waals surface area contributed by atoms with Gasteiger partial charge < -0.3 is 5.32 Å². The van der Waals surface area contributed by atoms with E-state index in [0.717, 1.165) is 6.42 Å². The molecule has 0 saturated carbocycles. The first-order valence-electron chi connectivity index (χ1n) is 4.42. The Hall–Kier alpha value is -0.370.